The Balaban J connectivity index is 1.33. The Morgan fingerprint density at radius 3 is 2.65 bits per heavy atom. The molecule has 31 heavy (non-hydrogen) atoms. The second-order valence-electron chi connectivity index (χ2n) is 11.9. The van der Waals surface area contributed by atoms with Crippen molar-refractivity contribution in [3.05, 3.63) is 18.7 Å². The minimum absolute atomic E-state index is 0.160. The van der Waals surface area contributed by atoms with E-state index in [1.165, 1.54) is 32.1 Å². The van der Waals surface area contributed by atoms with E-state index in [2.05, 4.69) is 18.8 Å². The van der Waals surface area contributed by atoms with Crippen LogP contribution in [-0.4, -0.2) is 39.8 Å². The molecule has 0 radical (unpaired) electrons. The van der Waals surface area contributed by atoms with Crippen LogP contribution in [-0.2, 0) is 16.1 Å². The number of carbonyl (C=O) groups excluding carboxylic acids is 1. The number of nitrogens with zero attached hydrogens (tertiary/aromatic N) is 2. The van der Waals surface area contributed by atoms with E-state index in [0.29, 0.717) is 36.2 Å². The quantitative estimate of drug-likeness (QED) is 0.751. The van der Waals surface area contributed by atoms with E-state index in [9.17, 15) is 9.90 Å². The van der Waals surface area contributed by atoms with Gasteiger partial charge in [0.2, 0.25) is 0 Å². The number of hydrogen-bond acceptors (Lipinski definition) is 4. The van der Waals surface area contributed by atoms with E-state index >= 15 is 0 Å². The lowest BCUT2D eigenvalue weighted by molar-refractivity contribution is -0.164. The lowest BCUT2D eigenvalue weighted by atomic mass is 9.44. The predicted molar refractivity (Wildman–Crippen MR) is 119 cm³/mol. The van der Waals surface area contributed by atoms with Gasteiger partial charge in [-0.1, -0.05) is 13.8 Å². The number of aliphatic hydroxyl groups is 1. The third-order valence-electron chi connectivity index (χ3n) is 10.5. The smallest absolute Gasteiger partial charge is 0.156 e. The normalized spacial score (nSPS) is 46.8. The minimum Gasteiger partial charge on any atom is -0.387 e. The van der Waals surface area contributed by atoms with Crippen LogP contribution < -0.4 is 0 Å². The van der Waals surface area contributed by atoms with Crippen molar-refractivity contribution < 1.29 is 14.6 Å². The number of fused-ring (bicyclic) bond motifs is 5. The van der Waals surface area contributed by atoms with Crippen LogP contribution in [0.15, 0.2) is 18.7 Å². The second kappa shape index (κ2) is 7.69. The molecular weight excluding hydrogens is 388 g/mol. The standard InChI is InChI=1S/C26H40N2O3/c1-24-10-11-26(30,16-31-3)14-18(24)4-5-19-20-6-7-22(25(20,2)9-8-21(19)24)23(29)15-28-13-12-27-17-28/h12-13,17-22,30H,4-11,14-16H2,1-3H3/t18-,19-,20?,21-,22+,24-,25-,26+/m0/s1. The van der Waals surface area contributed by atoms with Gasteiger partial charge >= 0.3 is 0 Å². The molecule has 5 rings (SSSR count). The van der Waals surface area contributed by atoms with Crippen LogP contribution in [0.2, 0.25) is 0 Å². The molecule has 1 aromatic heterocycles. The van der Waals surface area contributed by atoms with E-state index in [1.807, 2.05) is 10.8 Å². The summed E-state index contributed by atoms with van der Waals surface area (Å²) >= 11 is 0. The summed E-state index contributed by atoms with van der Waals surface area (Å²) in [5.41, 5.74) is -0.135. The summed E-state index contributed by atoms with van der Waals surface area (Å²) in [5, 5.41) is 11.0. The van der Waals surface area contributed by atoms with Gasteiger partial charge in [0.05, 0.1) is 25.1 Å². The zero-order valence-corrected chi connectivity index (χ0v) is 19.6. The van der Waals surface area contributed by atoms with Crippen LogP contribution >= 0.6 is 0 Å². The summed E-state index contributed by atoms with van der Waals surface area (Å²) in [4.78, 5) is 17.4. The molecule has 4 saturated carbocycles. The van der Waals surface area contributed by atoms with Gasteiger partial charge in [0.1, 0.15) is 0 Å². The molecule has 1 N–H and O–H groups in total. The Labute approximate surface area is 187 Å². The van der Waals surface area contributed by atoms with Crippen LogP contribution in [0.4, 0.5) is 0 Å². The molecule has 4 aliphatic rings. The molecule has 0 bridgehead atoms. The number of carbonyl (C=O) groups is 1. The van der Waals surface area contributed by atoms with Crippen molar-refractivity contribution in [3.63, 3.8) is 0 Å². The van der Waals surface area contributed by atoms with Gasteiger partial charge < -0.3 is 14.4 Å². The zero-order valence-electron chi connectivity index (χ0n) is 19.6. The predicted octanol–water partition coefficient (Wildman–Crippen LogP) is 4.49. The number of imidazole rings is 1. The Bertz CT molecular complexity index is 810. The Morgan fingerprint density at radius 1 is 1.10 bits per heavy atom. The first-order chi connectivity index (χ1) is 14.8. The van der Waals surface area contributed by atoms with E-state index in [1.54, 1.807) is 19.6 Å². The summed E-state index contributed by atoms with van der Waals surface area (Å²) in [6, 6.07) is 0. The number of aromatic nitrogens is 2. The molecule has 4 aliphatic carbocycles. The summed E-state index contributed by atoms with van der Waals surface area (Å²) in [5.74, 6) is 3.39. The number of rotatable bonds is 5. The maximum atomic E-state index is 13.3. The van der Waals surface area contributed by atoms with Crippen molar-refractivity contribution in [3.8, 4) is 0 Å². The fraction of sp³-hybridized carbons (Fsp3) is 0.846. The summed E-state index contributed by atoms with van der Waals surface area (Å²) in [6.45, 7) is 5.90. The van der Waals surface area contributed by atoms with Crippen LogP contribution in [0.3, 0.4) is 0 Å². The number of hydrogen-bond donors (Lipinski definition) is 1. The molecule has 5 heteroatoms. The lowest BCUT2D eigenvalue weighted by Crippen LogP contribution is -2.56. The van der Waals surface area contributed by atoms with E-state index in [-0.39, 0.29) is 11.3 Å². The molecule has 172 valence electrons. The summed E-state index contributed by atoms with van der Waals surface area (Å²) in [7, 11) is 1.70. The van der Waals surface area contributed by atoms with E-state index in [4.69, 9.17) is 4.74 Å². The average molecular weight is 429 g/mol. The van der Waals surface area contributed by atoms with E-state index in [0.717, 1.165) is 37.5 Å². The fourth-order valence-corrected chi connectivity index (χ4v) is 8.92. The Morgan fingerprint density at radius 2 is 1.90 bits per heavy atom. The number of methoxy groups -OCH3 is 1. The molecule has 0 aromatic carbocycles. The molecule has 5 nitrogen and oxygen atoms in total. The van der Waals surface area contributed by atoms with Crippen molar-refractivity contribution in [2.24, 2.45) is 40.4 Å². The first kappa shape index (κ1) is 21.6. The van der Waals surface area contributed by atoms with Gasteiger partial charge in [-0.3, -0.25) is 4.79 Å². The highest BCUT2D eigenvalue weighted by atomic mass is 16.5. The number of ether oxygens (including phenoxy) is 1. The average Bonchev–Trinajstić information content (AvgIpc) is 3.35. The molecule has 1 heterocycles. The third-order valence-corrected chi connectivity index (χ3v) is 10.5. The van der Waals surface area contributed by atoms with Crippen molar-refractivity contribution >= 4 is 5.78 Å². The van der Waals surface area contributed by atoms with Crippen LogP contribution in [0.25, 0.3) is 0 Å². The number of ketones is 1. The largest absolute Gasteiger partial charge is 0.387 e. The van der Waals surface area contributed by atoms with Gasteiger partial charge in [0, 0.05) is 25.4 Å². The lowest BCUT2D eigenvalue weighted by Gasteiger charge is -2.62. The van der Waals surface area contributed by atoms with Crippen molar-refractivity contribution in [1.29, 1.82) is 0 Å². The minimum atomic E-state index is -0.632. The maximum absolute atomic E-state index is 13.3. The topological polar surface area (TPSA) is 64.3 Å². The summed E-state index contributed by atoms with van der Waals surface area (Å²) < 4.78 is 7.29. The first-order valence-corrected chi connectivity index (χ1v) is 12.5. The van der Waals surface area contributed by atoms with Gasteiger partial charge in [0.15, 0.2) is 5.78 Å². The molecule has 0 saturated heterocycles. The van der Waals surface area contributed by atoms with E-state index < -0.39 is 5.60 Å². The fourth-order valence-electron chi connectivity index (χ4n) is 8.92. The molecule has 1 aromatic rings. The zero-order chi connectivity index (χ0) is 21.9. The van der Waals surface area contributed by atoms with Gasteiger partial charge in [-0.2, -0.15) is 0 Å². The number of Topliss-reactive ketones (excluding diaryl/α,β-unsaturated/α-hetero) is 1. The van der Waals surface area contributed by atoms with Crippen molar-refractivity contribution in [2.45, 2.75) is 83.8 Å². The van der Waals surface area contributed by atoms with Crippen molar-refractivity contribution in [2.75, 3.05) is 13.7 Å². The highest BCUT2D eigenvalue weighted by Gasteiger charge is 2.62. The highest BCUT2D eigenvalue weighted by molar-refractivity contribution is 5.82. The first-order valence-electron chi connectivity index (χ1n) is 12.5. The maximum Gasteiger partial charge on any atom is 0.156 e. The van der Waals surface area contributed by atoms with Gasteiger partial charge in [-0.05, 0) is 92.3 Å². The van der Waals surface area contributed by atoms with Crippen molar-refractivity contribution in [1.82, 2.24) is 9.55 Å². The SMILES string of the molecule is COC[C@@]1(O)CC[C@@]2(C)[C@@H](CC[C@H]3C4CC[C@H](C(=O)Cn5ccnc5)[C@@]4(C)CC[C@@H]32)C1. The third kappa shape index (κ3) is 3.42. The van der Waals surface area contributed by atoms with Crippen LogP contribution in [0.1, 0.15) is 71.6 Å². The molecule has 8 atom stereocenters. The second-order valence-corrected chi connectivity index (χ2v) is 11.9. The van der Waals surface area contributed by atoms with Gasteiger partial charge in [0.25, 0.3) is 0 Å². The monoisotopic (exact) mass is 428 g/mol. The molecule has 4 fully saturated rings. The van der Waals surface area contributed by atoms with Gasteiger partial charge in [-0.15, -0.1) is 0 Å². The molecule has 0 amide bonds. The summed E-state index contributed by atoms with van der Waals surface area (Å²) in [6.07, 6.45) is 15.5. The Hall–Kier alpha value is -1.20. The van der Waals surface area contributed by atoms with Crippen LogP contribution in [0, 0.1) is 40.4 Å². The molecular formula is C26H40N2O3. The highest BCUT2D eigenvalue weighted by Crippen LogP contribution is 2.68. The molecule has 0 aliphatic heterocycles. The Kier molecular flexibility index (Phi) is 5.37. The molecule has 1 unspecified atom stereocenters. The van der Waals surface area contributed by atoms with Crippen LogP contribution in [0.5, 0.6) is 0 Å². The van der Waals surface area contributed by atoms with Gasteiger partial charge in [-0.25, -0.2) is 4.98 Å². The molecule has 0 spiro atoms.